The van der Waals surface area contributed by atoms with Gasteiger partial charge in [-0.2, -0.15) is 5.26 Å². The van der Waals surface area contributed by atoms with Gasteiger partial charge in [-0.15, -0.1) is 12.4 Å². The Morgan fingerprint density at radius 3 is 2.79 bits per heavy atom. The zero-order chi connectivity index (χ0) is 18.8. The van der Waals surface area contributed by atoms with Gasteiger partial charge >= 0.3 is 0 Å². The minimum Gasteiger partial charge on any atom is -0.493 e. The molecule has 146 valence electrons. The number of hydrogen-bond donors (Lipinski definition) is 1. The Labute approximate surface area is 169 Å². The van der Waals surface area contributed by atoms with Crippen molar-refractivity contribution in [2.45, 2.75) is 5.92 Å². The zero-order valence-electron chi connectivity index (χ0n) is 15.2. The number of nitrogens with one attached hydrogen (secondary N) is 1. The van der Waals surface area contributed by atoms with E-state index in [4.69, 9.17) is 10.00 Å². The van der Waals surface area contributed by atoms with E-state index >= 15 is 0 Å². The molecule has 28 heavy (non-hydrogen) atoms. The smallest absolute Gasteiger partial charge is 0.251 e. The number of ether oxygens (including phenoxy) is 1. The summed E-state index contributed by atoms with van der Waals surface area (Å²) >= 11 is 0. The van der Waals surface area contributed by atoms with Gasteiger partial charge in [-0.1, -0.05) is 0 Å². The van der Waals surface area contributed by atoms with Gasteiger partial charge in [0.25, 0.3) is 5.91 Å². The topological polar surface area (TPSA) is 65.4 Å². The molecule has 2 aromatic rings. The molecule has 2 atom stereocenters. The second kappa shape index (κ2) is 8.59. The summed E-state index contributed by atoms with van der Waals surface area (Å²) in [5, 5.41) is 12.0. The van der Waals surface area contributed by atoms with E-state index in [1.54, 1.807) is 6.07 Å². The molecule has 0 saturated carbocycles. The maximum atomic E-state index is 12.9. The SMILES string of the molecule is Cl.N#Cc1ccc2c(c1)[C@@H]1CN(CCNC(=O)c3ccc(F)cc3)C[C@H]1CO2. The standard InChI is InChI=1S/C21H20FN3O2.ClH/c22-17-4-2-15(3-5-17)21(26)24-7-8-25-11-16-13-27-20-6-1-14(10-23)9-18(20)19(16)12-25;/h1-6,9,16,19H,7-8,11-13H2,(H,24,26);1H/t16-,19+;/m0./s1. The van der Waals surface area contributed by atoms with Crippen LogP contribution >= 0.6 is 12.4 Å². The molecule has 2 aromatic carbocycles. The van der Waals surface area contributed by atoms with Crippen LogP contribution < -0.4 is 10.1 Å². The number of benzene rings is 2. The van der Waals surface area contributed by atoms with E-state index < -0.39 is 0 Å². The molecule has 0 unspecified atom stereocenters. The van der Waals surface area contributed by atoms with Crippen molar-refractivity contribution in [1.82, 2.24) is 10.2 Å². The van der Waals surface area contributed by atoms with Gasteiger partial charge in [0.1, 0.15) is 11.6 Å². The Hall–Kier alpha value is -2.62. The summed E-state index contributed by atoms with van der Waals surface area (Å²) in [7, 11) is 0. The molecule has 0 bridgehead atoms. The van der Waals surface area contributed by atoms with Gasteiger partial charge in [0.15, 0.2) is 0 Å². The molecule has 0 aromatic heterocycles. The van der Waals surface area contributed by atoms with Crippen molar-refractivity contribution in [2.75, 3.05) is 32.8 Å². The first kappa shape index (κ1) is 20.1. The summed E-state index contributed by atoms with van der Waals surface area (Å²) < 4.78 is 18.8. The summed E-state index contributed by atoms with van der Waals surface area (Å²) in [6.45, 7) is 3.76. The molecule has 4 rings (SSSR count). The number of nitrogens with zero attached hydrogens (tertiary/aromatic N) is 2. The normalized spacial score (nSPS) is 20.1. The maximum absolute atomic E-state index is 12.9. The first-order chi connectivity index (χ1) is 13.1. The van der Waals surface area contributed by atoms with Crippen molar-refractivity contribution in [3.63, 3.8) is 0 Å². The summed E-state index contributed by atoms with van der Waals surface area (Å²) in [6, 6.07) is 13.3. The fraction of sp³-hybridized carbons (Fsp3) is 0.333. The molecule has 7 heteroatoms. The Bertz CT molecular complexity index is 898. The van der Waals surface area contributed by atoms with Crippen molar-refractivity contribution in [2.24, 2.45) is 5.92 Å². The van der Waals surface area contributed by atoms with Gasteiger partial charge in [-0.25, -0.2) is 4.39 Å². The molecule has 0 spiro atoms. The van der Waals surface area contributed by atoms with Crippen LogP contribution in [-0.2, 0) is 0 Å². The summed E-state index contributed by atoms with van der Waals surface area (Å²) in [4.78, 5) is 14.4. The predicted molar refractivity (Wildman–Crippen MR) is 105 cm³/mol. The first-order valence-electron chi connectivity index (χ1n) is 9.07. The zero-order valence-corrected chi connectivity index (χ0v) is 16.0. The van der Waals surface area contributed by atoms with E-state index in [0.717, 1.165) is 30.9 Å². The van der Waals surface area contributed by atoms with Crippen LogP contribution in [0.4, 0.5) is 4.39 Å². The third-order valence-corrected chi connectivity index (χ3v) is 5.33. The van der Waals surface area contributed by atoms with Crippen LogP contribution in [-0.4, -0.2) is 43.6 Å². The van der Waals surface area contributed by atoms with Gasteiger partial charge in [0.2, 0.25) is 0 Å². The van der Waals surface area contributed by atoms with Crippen LogP contribution in [0.15, 0.2) is 42.5 Å². The van der Waals surface area contributed by atoms with E-state index in [-0.39, 0.29) is 24.1 Å². The molecular weight excluding hydrogens is 381 g/mol. The third kappa shape index (κ3) is 4.11. The largest absolute Gasteiger partial charge is 0.493 e. The number of carbonyl (C=O) groups is 1. The Kier molecular flexibility index (Phi) is 6.18. The van der Waals surface area contributed by atoms with Gasteiger partial charge in [-0.3, -0.25) is 4.79 Å². The predicted octanol–water partition coefficient (Wildman–Crippen LogP) is 2.96. The number of hydrogen-bond acceptors (Lipinski definition) is 4. The monoisotopic (exact) mass is 401 g/mol. The van der Waals surface area contributed by atoms with Gasteiger partial charge in [0, 0.05) is 49.1 Å². The lowest BCUT2D eigenvalue weighted by atomic mass is 9.86. The number of carbonyl (C=O) groups excluding carboxylic acids is 1. The molecule has 2 aliphatic rings. The van der Waals surface area contributed by atoms with Crippen molar-refractivity contribution < 1.29 is 13.9 Å². The third-order valence-electron chi connectivity index (χ3n) is 5.33. The number of nitriles is 1. The highest BCUT2D eigenvalue weighted by Crippen LogP contribution is 2.41. The fourth-order valence-corrected chi connectivity index (χ4v) is 3.93. The Balaban J connectivity index is 0.00000225. The lowest BCUT2D eigenvalue weighted by molar-refractivity contribution is 0.0949. The van der Waals surface area contributed by atoms with Crippen LogP contribution in [0.3, 0.4) is 0 Å². The highest BCUT2D eigenvalue weighted by atomic mass is 35.5. The van der Waals surface area contributed by atoms with Crippen LogP contribution in [0.25, 0.3) is 0 Å². The summed E-state index contributed by atoms with van der Waals surface area (Å²) in [6.07, 6.45) is 0. The molecule has 5 nitrogen and oxygen atoms in total. The first-order valence-corrected chi connectivity index (χ1v) is 9.07. The summed E-state index contributed by atoms with van der Waals surface area (Å²) in [5.41, 5.74) is 2.23. The second-order valence-corrected chi connectivity index (χ2v) is 7.06. The number of halogens is 2. The molecule has 2 aliphatic heterocycles. The van der Waals surface area contributed by atoms with Crippen molar-refractivity contribution in [3.8, 4) is 11.8 Å². The van der Waals surface area contributed by atoms with E-state index in [1.807, 2.05) is 12.1 Å². The molecular formula is C21H21ClFN3O2. The molecule has 0 aliphatic carbocycles. The van der Waals surface area contributed by atoms with Crippen LogP contribution in [0.1, 0.15) is 27.4 Å². The number of rotatable bonds is 4. The lowest BCUT2D eigenvalue weighted by Gasteiger charge is -2.27. The molecule has 2 heterocycles. The van der Waals surface area contributed by atoms with Crippen LogP contribution in [0.2, 0.25) is 0 Å². The van der Waals surface area contributed by atoms with Gasteiger partial charge < -0.3 is 15.0 Å². The van der Waals surface area contributed by atoms with E-state index in [0.29, 0.717) is 36.1 Å². The van der Waals surface area contributed by atoms with E-state index in [9.17, 15) is 9.18 Å². The van der Waals surface area contributed by atoms with Gasteiger partial charge in [-0.05, 0) is 42.5 Å². The Morgan fingerprint density at radius 1 is 1.25 bits per heavy atom. The summed E-state index contributed by atoms with van der Waals surface area (Å²) in [5.74, 6) is 1.09. The number of amides is 1. The number of fused-ring (bicyclic) bond motifs is 3. The average Bonchev–Trinajstić information content (AvgIpc) is 3.11. The minimum atomic E-state index is -0.353. The average molecular weight is 402 g/mol. The minimum absolute atomic E-state index is 0. The molecule has 1 fully saturated rings. The van der Waals surface area contributed by atoms with Crippen molar-refractivity contribution in [3.05, 3.63) is 65.0 Å². The number of likely N-dealkylation sites (tertiary alicyclic amines) is 1. The van der Waals surface area contributed by atoms with Gasteiger partial charge in [0.05, 0.1) is 18.2 Å². The molecule has 1 saturated heterocycles. The van der Waals surface area contributed by atoms with E-state index in [1.165, 1.54) is 24.3 Å². The van der Waals surface area contributed by atoms with Crippen LogP contribution in [0, 0.1) is 23.1 Å². The van der Waals surface area contributed by atoms with Crippen molar-refractivity contribution in [1.29, 1.82) is 5.26 Å². The molecule has 0 radical (unpaired) electrons. The van der Waals surface area contributed by atoms with Crippen LogP contribution in [0.5, 0.6) is 5.75 Å². The maximum Gasteiger partial charge on any atom is 0.251 e. The molecule has 1 N–H and O–H groups in total. The fourth-order valence-electron chi connectivity index (χ4n) is 3.93. The van der Waals surface area contributed by atoms with E-state index in [2.05, 4.69) is 16.3 Å². The highest BCUT2D eigenvalue weighted by molar-refractivity contribution is 5.94. The highest BCUT2D eigenvalue weighted by Gasteiger charge is 2.38. The Morgan fingerprint density at radius 2 is 2.04 bits per heavy atom. The quantitative estimate of drug-likeness (QED) is 0.855. The lowest BCUT2D eigenvalue weighted by Crippen LogP contribution is -2.34. The second-order valence-electron chi connectivity index (χ2n) is 7.06. The molecule has 1 amide bonds. The van der Waals surface area contributed by atoms with Crippen molar-refractivity contribution >= 4 is 18.3 Å².